The molecule has 1 aromatic heterocycles. The Morgan fingerprint density at radius 3 is 2.40 bits per heavy atom. The summed E-state index contributed by atoms with van der Waals surface area (Å²) in [6.45, 7) is 7.53. The van der Waals surface area contributed by atoms with Gasteiger partial charge in [0.05, 0.1) is 13.2 Å². The van der Waals surface area contributed by atoms with Crippen molar-refractivity contribution < 1.29 is 23.5 Å². The van der Waals surface area contributed by atoms with Gasteiger partial charge in [0.2, 0.25) is 5.91 Å². The number of hydrogen-bond acceptors (Lipinski definition) is 5. The van der Waals surface area contributed by atoms with Crippen LogP contribution in [-0.2, 0) is 22.6 Å². The minimum atomic E-state index is -1.36. The molecule has 0 saturated carbocycles. The number of carbonyl (C=O) groups excluding carboxylic acids is 3. The molecule has 8 nitrogen and oxygen atoms in total. The first-order chi connectivity index (χ1) is 16.6. The SMILES string of the molecule is CCOC(=O)c1cc2n(n1)CC(C)(C(=O)NCc1ccc(F)cc1)N(c1cc(C)cc(C)c1)C2=O. The van der Waals surface area contributed by atoms with Crippen LogP contribution in [0.25, 0.3) is 0 Å². The van der Waals surface area contributed by atoms with E-state index >= 15 is 0 Å². The maximum absolute atomic E-state index is 13.8. The molecule has 3 aromatic rings. The molecule has 0 bridgehead atoms. The molecule has 0 aliphatic carbocycles. The monoisotopic (exact) mass is 478 g/mol. The first kappa shape index (κ1) is 24.1. The molecule has 1 N–H and O–H groups in total. The number of fused-ring (bicyclic) bond motifs is 1. The summed E-state index contributed by atoms with van der Waals surface area (Å²) < 4.78 is 19.7. The highest BCUT2D eigenvalue weighted by molar-refractivity contribution is 6.12. The highest BCUT2D eigenvalue weighted by atomic mass is 19.1. The summed E-state index contributed by atoms with van der Waals surface area (Å²) in [6.07, 6.45) is 0. The van der Waals surface area contributed by atoms with Gasteiger partial charge in [-0.15, -0.1) is 0 Å². The van der Waals surface area contributed by atoms with Crippen LogP contribution in [0.1, 0.15) is 51.5 Å². The number of ether oxygens (including phenoxy) is 1. The summed E-state index contributed by atoms with van der Waals surface area (Å²) in [5.41, 5.74) is 2.00. The van der Waals surface area contributed by atoms with Crippen LogP contribution in [0.4, 0.5) is 10.1 Å². The van der Waals surface area contributed by atoms with Gasteiger partial charge >= 0.3 is 5.97 Å². The van der Waals surface area contributed by atoms with E-state index in [1.165, 1.54) is 27.8 Å². The zero-order chi connectivity index (χ0) is 25.3. The van der Waals surface area contributed by atoms with Gasteiger partial charge in [0.1, 0.15) is 17.1 Å². The molecule has 182 valence electrons. The van der Waals surface area contributed by atoms with E-state index in [4.69, 9.17) is 4.74 Å². The van der Waals surface area contributed by atoms with E-state index in [0.717, 1.165) is 11.1 Å². The molecule has 1 aliphatic rings. The first-order valence-electron chi connectivity index (χ1n) is 11.3. The van der Waals surface area contributed by atoms with Crippen molar-refractivity contribution in [1.29, 1.82) is 0 Å². The minimum Gasteiger partial charge on any atom is -0.461 e. The van der Waals surface area contributed by atoms with Crippen molar-refractivity contribution in [2.24, 2.45) is 0 Å². The van der Waals surface area contributed by atoms with Crippen LogP contribution in [0, 0.1) is 19.7 Å². The highest BCUT2D eigenvalue weighted by Gasteiger charge is 2.49. The third-order valence-corrected chi connectivity index (χ3v) is 5.96. The maximum atomic E-state index is 13.8. The lowest BCUT2D eigenvalue weighted by atomic mass is 9.93. The Labute approximate surface area is 202 Å². The van der Waals surface area contributed by atoms with Crippen molar-refractivity contribution >= 4 is 23.5 Å². The third kappa shape index (κ3) is 4.66. The van der Waals surface area contributed by atoms with Gasteiger partial charge in [0.15, 0.2) is 5.69 Å². The molecular formula is C26H27FN4O4. The Balaban J connectivity index is 1.74. The lowest BCUT2D eigenvalue weighted by Crippen LogP contribution is -2.64. The second-order valence-corrected chi connectivity index (χ2v) is 8.86. The molecule has 2 amide bonds. The topological polar surface area (TPSA) is 93.5 Å². The first-order valence-corrected chi connectivity index (χ1v) is 11.3. The molecule has 0 radical (unpaired) electrons. The summed E-state index contributed by atoms with van der Waals surface area (Å²) >= 11 is 0. The van der Waals surface area contributed by atoms with Crippen LogP contribution in [0.5, 0.6) is 0 Å². The fourth-order valence-electron chi connectivity index (χ4n) is 4.35. The fraction of sp³-hybridized carbons (Fsp3) is 0.308. The molecule has 9 heteroatoms. The van der Waals surface area contributed by atoms with Crippen LogP contribution in [0.3, 0.4) is 0 Å². The van der Waals surface area contributed by atoms with Crippen molar-refractivity contribution in [3.8, 4) is 0 Å². The number of benzene rings is 2. The van der Waals surface area contributed by atoms with Crippen LogP contribution >= 0.6 is 0 Å². The van der Waals surface area contributed by atoms with Crippen molar-refractivity contribution in [3.63, 3.8) is 0 Å². The van der Waals surface area contributed by atoms with E-state index in [9.17, 15) is 18.8 Å². The van der Waals surface area contributed by atoms with Gasteiger partial charge in [0, 0.05) is 18.3 Å². The molecule has 4 rings (SSSR count). The standard InChI is InChI=1S/C26H27FN4O4/c1-5-35-24(33)21-13-22-23(32)31(20-11-16(2)10-17(3)12-20)26(4,15-30(22)29-21)25(34)28-14-18-6-8-19(27)9-7-18/h6-13H,5,14-15H2,1-4H3,(H,28,34). The van der Waals surface area contributed by atoms with Gasteiger partial charge in [-0.3, -0.25) is 19.2 Å². The maximum Gasteiger partial charge on any atom is 0.358 e. The number of aryl methyl sites for hydroxylation is 2. The summed E-state index contributed by atoms with van der Waals surface area (Å²) in [6, 6.07) is 12.9. The number of hydrogen-bond donors (Lipinski definition) is 1. The van der Waals surface area contributed by atoms with E-state index in [-0.39, 0.29) is 36.9 Å². The second-order valence-electron chi connectivity index (χ2n) is 8.86. The normalized spacial score (nSPS) is 17.2. The van der Waals surface area contributed by atoms with E-state index < -0.39 is 23.3 Å². The zero-order valence-electron chi connectivity index (χ0n) is 20.1. The Bertz CT molecular complexity index is 1280. The van der Waals surface area contributed by atoms with Crippen LogP contribution in [0.2, 0.25) is 0 Å². The highest BCUT2D eigenvalue weighted by Crippen LogP contribution is 2.34. The number of nitrogens with zero attached hydrogens (tertiary/aromatic N) is 3. The number of anilines is 1. The fourth-order valence-corrected chi connectivity index (χ4v) is 4.35. The van der Waals surface area contributed by atoms with Crippen molar-refractivity contribution in [2.45, 2.75) is 46.3 Å². The summed E-state index contributed by atoms with van der Waals surface area (Å²) in [5.74, 6) is -1.87. The Hall–Kier alpha value is -4.01. The molecule has 35 heavy (non-hydrogen) atoms. The molecule has 2 heterocycles. The molecule has 1 atom stereocenters. The van der Waals surface area contributed by atoms with Crippen molar-refractivity contribution in [3.05, 3.63) is 82.4 Å². The largest absolute Gasteiger partial charge is 0.461 e. The van der Waals surface area contributed by atoms with E-state index in [1.807, 2.05) is 32.0 Å². The van der Waals surface area contributed by atoms with E-state index in [0.29, 0.717) is 11.3 Å². The molecular weight excluding hydrogens is 451 g/mol. The molecule has 1 unspecified atom stereocenters. The number of halogens is 1. The molecule has 0 fully saturated rings. The Morgan fingerprint density at radius 2 is 1.77 bits per heavy atom. The number of amides is 2. The summed E-state index contributed by atoms with van der Waals surface area (Å²) in [7, 11) is 0. The number of aromatic nitrogens is 2. The summed E-state index contributed by atoms with van der Waals surface area (Å²) in [4.78, 5) is 41.1. The van der Waals surface area contributed by atoms with Gasteiger partial charge in [-0.25, -0.2) is 9.18 Å². The average molecular weight is 479 g/mol. The van der Waals surface area contributed by atoms with Crippen LogP contribution < -0.4 is 10.2 Å². The number of carbonyl (C=O) groups is 3. The number of esters is 1. The second kappa shape index (κ2) is 9.32. The molecule has 0 spiro atoms. The third-order valence-electron chi connectivity index (χ3n) is 5.96. The predicted molar refractivity (Wildman–Crippen MR) is 128 cm³/mol. The van der Waals surface area contributed by atoms with Crippen molar-refractivity contribution in [2.75, 3.05) is 11.5 Å². The number of nitrogens with one attached hydrogen (secondary N) is 1. The lowest BCUT2D eigenvalue weighted by molar-refractivity contribution is -0.126. The molecule has 1 aliphatic heterocycles. The van der Waals surface area contributed by atoms with E-state index in [2.05, 4.69) is 10.4 Å². The summed E-state index contributed by atoms with van der Waals surface area (Å²) in [5, 5.41) is 7.13. The van der Waals surface area contributed by atoms with E-state index in [1.54, 1.807) is 26.0 Å². The smallest absolute Gasteiger partial charge is 0.358 e. The van der Waals surface area contributed by atoms with Gasteiger partial charge in [-0.1, -0.05) is 18.2 Å². The minimum absolute atomic E-state index is 0.00606. The predicted octanol–water partition coefficient (Wildman–Crippen LogP) is 3.55. The van der Waals surface area contributed by atoms with Gasteiger partial charge in [-0.2, -0.15) is 5.10 Å². The Kier molecular flexibility index (Phi) is 6.43. The van der Waals surface area contributed by atoms with Gasteiger partial charge < -0.3 is 10.1 Å². The van der Waals surface area contributed by atoms with Crippen LogP contribution in [-0.4, -0.2) is 39.7 Å². The molecule has 0 saturated heterocycles. The van der Waals surface area contributed by atoms with Crippen LogP contribution in [0.15, 0.2) is 48.5 Å². The number of rotatable bonds is 6. The van der Waals surface area contributed by atoms with Gasteiger partial charge in [0.25, 0.3) is 5.91 Å². The van der Waals surface area contributed by atoms with Crippen molar-refractivity contribution in [1.82, 2.24) is 15.1 Å². The zero-order valence-corrected chi connectivity index (χ0v) is 20.1. The quantitative estimate of drug-likeness (QED) is 0.547. The lowest BCUT2D eigenvalue weighted by Gasteiger charge is -2.43. The average Bonchev–Trinajstić information content (AvgIpc) is 3.22. The Morgan fingerprint density at radius 1 is 1.11 bits per heavy atom. The molecule has 2 aromatic carbocycles. The van der Waals surface area contributed by atoms with Gasteiger partial charge in [-0.05, 0) is 68.7 Å².